The zero-order valence-electron chi connectivity index (χ0n) is 11.0. The Balaban J connectivity index is 2.08. The number of halogens is 3. The van der Waals surface area contributed by atoms with Gasteiger partial charge in [-0.2, -0.15) is 0 Å². The van der Waals surface area contributed by atoms with Crippen LogP contribution in [0.15, 0.2) is 18.2 Å². The molecule has 1 aliphatic rings. The van der Waals surface area contributed by atoms with E-state index >= 15 is 0 Å². The van der Waals surface area contributed by atoms with Gasteiger partial charge in [0.05, 0.1) is 10.0 Å². The van der Waals surface area contributed by atoms with Gasteiger partial charge in [0, 0.05) is 25.0 Å². The molecule has 0 unspecified atom stereocenters. The van der Waals surface area contributed by atoms with E-state index in [1.165, 1.54) is 32.1 Å². The number of rotatable bonds is 5. The van der Waals surface area contributed by atoms with E-state index in [9.17, 15) is 0 Å². The molecule has 1 saturated carbocycles. The maximum absolute atomic E-state index is 6.28. The Labute approximate surface area is 130 Å². The molecule has 1 aliphatic carbocycles. The van der Waals surface area contributed by atoms with Gasteiger partial charge in [-0.3, -0.25) is 4.90 Å². The third-order valence-corrected chi connectivity index (χ3v) is 4.89. The Morgan fingerprint density at radius 3 is 2.53 bits per heavy atom. The summed E-state index contributed by atoms with van der Waals surface area (Å²) in [6.45, 7) is 1.76. The summed E-state index contributed by atoms with van der Waals surface area (Å²) in [6, 6.07) is 6.49. The lowest BCUT2D eigenvalue weighted by Crippen LogP contribution is -2.37. The van der Waals surface area contributed by atoms with Crippen molar-refractivity contribution in [3.8, 4) is 0 Å². The van der Waals surface area contributed by atoms with Gasteiger partial charge in [0.1, 0.15) is 0 Å². The highest BCUT2D eigenvalue weighted by Crippen LogP contribution is 2.29. The van der Waals surface area contributed by atoms with Crippen molar-refractivity contribution in [2.24, 2.45) is 0 Å². The molecule has 1 fully saturated rings. The van der Waals surface area contributed by atoms with Crippen molar-refractivity contribution in [3.63, 3.8) is 0 Å². The third-order valence-electron chi connectivity index (χ3n) is 3.87. The molecule has 0 amide bonds. The van der Waals surface area contributed by atoms with Crippen LogP contribution in [0, 0.1) is 0 Å². The lowest BCUT2D eigenvalue weighted by molar-refractivity contribution is 0.157. The monoisotopic (exact) mass is 319 g/mol. The molecule has 19 heavy (non-hydrogen) atoms. The first-order valence-corrected chi connectivity index (χ1v) is 8.24. The molecule has 0 aromatic heterocycles. The van der Waals surface area contributed by atoms with Crippen molar-refractivity contribution in [1.82, 2.24) is 4.90 Å². The highest BCUT2D eigenvalue weighted by atomic mass is 35.5. The number of hydrogen-bond donors (Lipinski definition) is 0. The van der Waals surface area contributed by atoms with E-state index in [0.717, 1.165) is 18.7 Å². The van der Waals surface area contributed by atoms with E-state index in [0.29, 0.717) is 22.0 Å². The largest absolute Gasteiger partial charge is 0.295 e. The molecule has 0 saturated heterocycles. The second-order valence-electron chi connectivity index (χ2n) is 5.16. The van der Waals surface area contributed by atoms with Crippen LogP contribution in [-0.4, -0.2) is 23.4 Å². The smallest absolute Gasteiger partial charge is 0.0637 e. The van der Waals surface area contributed by atoms with E-state index in [1.807, 2.05) is 12.1 Å². The highest BCUT2D eigenvalue weighted by molar-refractivity contribution is 6.42. The second-order valence-corrected chi connectivity index (χ2v) is 6.33. The number of alkyl halides is 1. The second kappa shape index (κ2) is 7.73. The van der Waals surface area contributed by atoms with Crippen LogP contribution >= 0.6 is 34.8 Å². The molecule has 0 N–H and O–H groups in total. The normalized spacial score (nSPS) is 17.1. The molecule has 2 rings (SSSR count). The summed E-state index contributed by atoms with van der Waals surface area (Å²) in [7, 11) is 0. The van der Waals surface area contributed by atoms with Gasteiger partial charge < -0.3 is 0 Å². The first-order chi connectivity index (χ1) is 9.22. The molecular formula is C15H20Cl3N. The summed E-state index contributed by atoms with van der Waals surface area (Å²) in [6.07, 6.45) is 6.56. The first kappa shape index (κ1) is 15.4. The predicted molar refractivity (Wildman–Crippen MR) is 84.5 cm³/mol. The summed E-state index contributed by atoms with van der Waals surface area (Å²) in [5.41, 5.74) is 1.10. The van der Waals surface area contributed by atoms with Crippen molar-refractivity contribution in [2.75, 3.05) is 12.4 Å². The summed E-state index contributed by atoms with van der Waals surface area (Å²) >= 11 is 18.3. The average Bonchev–Trinajstić information content (AvgIpc) is 2.44. The summed E-state index contributed by atoms with van der Waals surface area (Å²) in [4.78, 5) is 2.46. The van der Waals surface area contributed by atoms with Crippen molar-refractivity contribution >= 4 is 34.8 Å². The molecule has 0 bridgehead atoms. The van der Waals surface area contributed by atoms with Crippen LogP contribution in [0.25, 0.3) is 0 Å². The molecule has 0 spiro atoms. The quantitative estimate of drug-likeness (QED) is 0.659. The molecule has 0 aliphatic heterocycles. The zero-order chi connectivity index (χ0) is 13.7. The van der Waals surface area contributed by atoms with Crippen LogP contribution in [0.3, 0.4) is 0 Å². The topological polar surface area (TPSA) is 3.24 Å². The van der Waals surface area contributed by atoms with Gasteiger partial charge >= 0.3 is 0 Å². The Hall–Kier alpha value is 0.0500. The van der Waals surface area contributed by atoms with Crippen LogP contribution in [0.1, 0.15) is 37.7 Å². The van der Waals surface area contributed by atoms with Gasteiger partial charge in [-0.25, -0.2) is 0 Å². The first-order valence-electron chi connectivity index (χ1n) is 6.95. The SMILES string of the molecule is ClCCN(Cc1cccc(Cl)c1Cl)C1CCCCC1. The van der Waals surface area contributed by atoms with Gasteiger partial charge in [-0.15, -0.1) is 11.6 Å². The minimum atomic E-state index is 0.633. The Kier molecular flexibility index (Phi) is 6.28. The molecule has 0 atom stereocenters. The van der Waals surface area contributed by atoms with Crippen molar-refractivity contribution < 1.29 is 0 Å². The highest BCUT2D eigenvalue weighted by Gasteiger charge is 2.21. The van der Waals surface area contributed by atoms with Gasteiger partial charge in [-0.1, -0.05) is 54.6 Å². The van der Waals surface area contributed by atoms with Crippen LogP contribution < -0.4 is 0 Å². The maximum atomic E-state index is 6.28. The standard InChI is InChI=1S/C15H20Cl3N/c16-9-10-19(13-6-2-1-3-7-13)11-12-5-4-8-14(17)15(12)18/h4-5,8,13H,1-3,6-7,9-11H2. The van der Waals surface area contributed by atoms with Gasteiger partial charge in [0.25, 0.3) is 0 Å². The molecule has 4 heteroatoms. The van der Waals surface area contributed by atoms with Crippen molar-refractivity contribution in [2.45, 2.75) is 44.7 Å². The van der Waals surface area contributed by atoms with Gasteiger partial charge in [0.15, 0.2) is 0 Å². The van der Waals surface area contributed by atoms with Crippen LogP contribution in [-0.2, 0) is 6.54 Å². The average molecular weight is 321 g/mol. The van der Waals surface area contributed by atoms with E-state index < -0.39 is 0 Å². The van der Waals surface area contributed by atoms with E-state index in [-0.39, 0.29) is 0 Å². The lowest BCUT2D eigenvalue weighted by atomic mass is 9.94. The third kappa shape index (κ3) is 4.26. The Morgan fingerprint density at radius 2 is 1.84 bits per heavy atom. The Bertz CT molecular complexity index is 402. The maximum Gasteiger partial charge on any atom is 0.0637 e. The molecule has 1 aromatic rings. The molecule has 1 nitrogen and oxygen atoms in total. The van der Waals surface area contributed by atoms with E-state index in [1.54, 1.807) is 0 Å². The molecule has 0 radical (unpaired) electrons. The van der Waals surface area contributed by atoms with Gasteiger partial charge in [-0.05, 0) is 24.5 Å². The predicted octanol–water partition coefficient (Wildman–Crippen LogP) is 5.37. The van der Waals surface area contributed by atoms with E-state index in [4.69, 9.17) is 34.8 Å². The van der Waals surface area contributed by atoms with Crippen molar-refractivity contribution in [3.05, 3.63) is 33.8 Å². The van der Waals surface area contributed by atoms with Crippen LogP contribution in [0.5, 0.6) is 0 Å². The fourth-order valence-corrected chi connectivity index (χ4v) is 3.43. The van der Waals surface area contributed by atoms with Gasteiger partial charge in [0.2, 0.25) is 0 Å². The zero-order valence-corrected chi connectivity index (χ0v) is 13.3. The lowest BCUT2D eigenvalue weighted by Gasteiger charge is -2.34. The summed E-state index contributed by atoms with van der Waals surface area (Å²) in [5, 5.41) is 1.31. The molecule has 0 heterocycles. The number of hydrogen-bond acceptors (Lipinski definition) is 1. The number of benzene rings is 1. The minimum absolute atomic E-state index is 0.633. The van der Waals surface area contributed by atoms with Crippen LogP contribution in [0.4, 0.5) is 0 Å². The summed E-state index contributed by atoms with van der Waals surface area (Å²) in [5.74, 6) is 0.661. The Morgan fingerprint density at radius 1 is 1.11 bits per heavy atom. The molecule has 1 aromatic carbocycles. The number of nitrogens with zero attached hydrogens (tertiary/aromatic N) is 1. The van der Waals surface area contributed by atoms with Crippen molar-refractivity contribution in [1.29, 1.82) is 0 Å². The molecule has 106 valence electrons. The fourth-order valence-electron chi connectivity index (χ4n) is 2.83. The molecular weight excluding hydrogens is 301 g/mol. The minimum Gasteiger partial charge on any atom is -0.295 e. The fraction of sp³-hybridized carbons (Fsp3) is 0.600. The van der Waals surface area contributed by atoms with E-state index in [2.05, 4.69) is 11.0 Å². The summed E-state index contributed by atoms with van der Waals surface area (Å²) < 4.78 is 0. The van der Waals surface area contributed by atoms with Crippen LogP contribution in [0.2, 0.25) is 10.0 Å².